The highest BCUT2D eigenvalue weighted by Crippen LogP contribution is 1.87. The molecule has 0 saturated heterocycles. The third-order valence-electron chi connectivity index (χ3n) is 1.81. The third kappa shape index (κ3) is 8.59. The van der Waals surface area contributed by atoms with Gasteiger partial charge in [0.15, 0.2) is 5.11 Å². The molecule has 0 aromatic heterocycles. The van der Waals surface area contributed by atoms with Crippen LogP contribution in [0.4, 0.5) is 0 Å². The lowest BCUT2D eigenvalue weighted by atomic mass is 10.3. The van der Waals surface area contributed by atoms with Crippen molar-refractivity contribution in [2.75, 3.05) is 34.4 Å². The van der Waals surface area contributed by atoms with Crippen molar-refractivity contribution in [2.24, 2.45) is 0 Å². The molecule has 4 nitrogen and oxygen atoms in total. The summed E-state index contributed by atoms with van der Waals surface area (Å²) in [6, 6.07) is 0.580. The van der Waals surface area contributed by atoms with E-state index in [2.05, 4.69) is 22.5 Å². The Balaban J connectivity index is 3.72. The molecule has 0 rings (SSSR count). The molecule has 0 aliphatic carbocycles. The monoisotopic (exact) mass is 233 g/mol. The van der Waals surface area contributed by atoms with Crippen LogP contribution in [0.1, 0.15) is 13.8 Å². The predicted octanol–water partition coefficient (Wildman–Crippen LogP) is 0.436. The maximum absolute atomic E-state index is 5.18. The zero-order chi connectivity index (χ0) is 11.8. The molecule has 0 radical (unpaired) electrons. The minimum Gasteiger partial charge on any atom is -0.383 e. The van der Waals surface area contributed by atoms with Crippen LogP contribution in [0.25, 0.3) is 0 Å². The van der Waals surface area contributed by atoms with Gasteiger partial charge in [-0.15, -0.1) is 0 Å². The summed E-state index contributed by atoms with van der Waals surface area (Å²) in [7, 11) is 5.77. The minimum atomic E-state index is 0.238. The number of thiocarbonyl (C=S) groups is 1. The van der Waals surface area contributed by atoms with Crippen LogP contribution in [0.2, 0.25) is 0 Å². The second kappa shape index (κ2) is 7.84. The molecule has 0 saturated carbocycles. The Bertz CT molecular complexity index is 188. The van der Waals surface area contributed by atoms with Gasteiger partial charge in [0.05, 0.1) is 6.61 Å². The Labute approximate surface area is 98.4 Å². The van der Waals surface area contributed by atoms with Gasteiger partial charge in [-0.05, 0) is 40.2 Å². The summed E-state index contributed by atoms with van der Waals surface area (Å²) in [6.45, 7) is 5.76. The number of rotatable bonds is 6. The number of hydrogen-bond donors (Lipinski definition) is 2. The molecule has 0 spiro atoms. The molecule has 0 fully saturated rings. The highest BCUT2D eigenvalue weighted by atomic mass is 32.1. The first kappa shape index (κ1) is 14.6. The summed E-state index contributed by atoms with van der Waals surface area (Å²) in [5.41, 5.74) is 0. The average Bonchev–Trinajstić information content (AvgIpc) is 2.00. The predicted molar refractivity (Wildman–Crippen MR) is 68.2 cm³/mol. The Morgan fingerprint density at radius 1 is 1.27 bits per heavy atom. The van der Waals surface area contributed by atoms with E-state index in [4.69, 9.17) is 17.0 Å². The highest BCUT2D eigenvalue weighted by Gasteiger charge is 2.07. The standard InChI is InChI=1S/C10H23N3OS/c1-8(6-13(3)4)11-10(15)12-9(2)7-14-5/h8-9H,6-7H2,1-5H3,(H2,11,12,15). The van der Waals surface area contributed by atoms with E-state index in [1.54, 1.807) is 7.11 Å². The van der Waals surface area contributed by atoms with Crippen molar-refractivity contribution in [3.8, 4) is 0 Å². The molecule has 2 unspecified atom stereocenters. The lowest BCUT2D eigenvalue weighted by Crippen LogP contribution is -2.48. The fourth-order valence-electron chi connectivity index (χ4n) is 1.37. The Morgan fingerprint density at radius 2 is 1.80 bits per heavy atom. The van der Waals surface area contributed by atoms with Crippen LogP contribution in [0.5, 0.6) is 0 Å². The van der Waals surface area contributed by atoms with Gasteiger partial charge in [0.2, 0.25) is 0 Å². The normalized spacial score (nSPS) is 14.8. The molecule has 5 heteroatoms. The molecule has 2 atom stereocenters. The molecule has 0 heterocycles. The van der Waals surface area contributed by atoms with E-state index in [0.717, 1.165) is 6.54 Å². The molecule has 15 heavy (non-hydrogen) atoms. The first-order valence-corrected chi connectivity index (χ1v) is 5.57. The van der Waals surface area contributed by atoms with Crippen LogP contribution in [-0.2, 0) is 4.74 Å². The van der Waals surface area contributed by atoms with E-state index in [9.17, 15) is 0 Å². The van der Waals surface area contributed by atoms with Gasteiger partial charge in [-0.2, -0.15) is 0 Å². The zero-order valence-electron chi connectivity index (χ0n) is 10.3. The number of hydrogen-bond acceptors (Lipinski definition) is 3. The summed E-state index contributed by atoms with van der Waals surface area (Å²) in [6.07, 6.45) is 0. The van der Waals surface area contributed by atoms with Gasteiger partial charge in [0.1, 0.15) is 0 Å². The van der Waals surface area contributed by atoms with Crippen LogP contribution >= 0.6 is 12.2 Å². The second-order valence-electron chi connectivity index (χ2n) is 4.14. The number of methoxy groups -OCH3 is 1. The molecule has 0 aromatic rings. The zero-order valence-corrected chi connectivity index (χ0v) is 11.1. The fourth-order valence-corrected chi connectivity index (χ4v) is 1.78. The van der Waals surface area contributed by atoms with Crippen molar-refractivity contribution in [1.29, 1.82) is 0 Å². The van der Waals surface area contributed by atoms with Crippen LogP contribution in [0, 0.1) is 0 Å². The molecule has 0 bridgehead atoms. The number of nitrogens with one attached hydrogen (secondary N) is 2. The lowest BCUT2D eigenvalue weighted by molar-refractivity contribution is 0.179. The first-order valence-electron chi connectivity index (χ1n) is 5.16. The van der Waals surface area contributed by atoms with Crippen molar-refractivity contribution < 1.29 is 4.74 Å². The highest BCUT2D eigenvalue weighted by molar-refractivity contribution is 7.80. The summed E-state index contributed by atoms with van der Waals surface area (Å²) in [5.74, 6) is 0. The van der Waals surface area contributed by atoms with Crippen LogP contribution < -0.4 is 10.6 Å². The SMILES string of the molecule is COCC(C)NC(=S)NC(C)CN(C)C. The van der Waals surface area contributed by atoms with E-state index in [1.807, 2.05) is 21.0 Å². The van der Waals surface area contributed by atoms with Crippen molar-refractivity contribution in [3.63, 3.8) is 0 Å². The van der Waals surface area contributed by atoms with E-state index in [-0.39, 0.29) is 6.04 Å². The van der Waals surface area contributed by atoms with E-state index in [0.29, 0.717) is 17.8 Å². The first-order chi connectivity index (χ1) is 6.95. The molecule has 0 aromatic carbocycles. The van der Waals surface area contributed by atoms with Crippen LogP contribution in [-0.4, -0.2) is 56.5 Å². The van der Waals surface area contributed by atoms with Gasteiger partial charge >= 0.3 is 0 Å². The Kier molecular flexibility index (Phi) is 7.64. The smallest absolute Gasteiger partial charge is 0.166 e. The molecule has 2 N–H and O–H groups in total. The molecule has 0 aliphatic heterocycles. The van der Waals surface area contributed by atoms with Crippen LogP contribution in [0.15, 0.2) is 0 Å². The van der Waals surface area contributed by atoms with E-state index >= 15 is 0 Å². The van der Waals surface area contributed by atoms with Gasteiger partial charge < -0.3 is 20.3 Å². The van der Waals surface area contributed by atoms with E-state index in [1.165, 1.54) is 0 Å². The second-order valence-corrected chi connectivity index (χ2v) is 4.55. The maximum Gasteiger partial charge on any atom is 0.166 e. The molecule has 90 valence electrons. The van der Waals surface area contributed by atoms with Gasteiger partial charge in [-0.3, -0.25) is 0 Å². The lowest BCUT2D eigenvalue weighted by Gasteiger charge is -2.22. The quantitative estimate of drug-likeness (QED) is 0.651. The fraction of sp³-hybridized carbons (Fsp3) is 0.900. The summed E-state index contributed by atoms with van der Waals surface area (Å²) >= 11 is 5.18. The summed E-state index contributed by atoms with van der Waals surface area (Å²) < 4.78 is 5.02. The van der Waals surface area contributed by atoms with Crippen molar-refractivity contribution >= 4 is 17.3 Å². The van der Waals surface area contributed by atoms with Crippen molar-refractivity contribution in [2.45, 2.75) is 25.9 Å². The van der Waals surface area contributed by atoms with Crippen molar-refractivity contribution in [3.05, 3.63) is 0 Å². The Hall–Kier alpha value is -0.390. The van der Waals surface area contributed by atoms with Gasteiger partial charge in [-0.25, -0.2) is 0 Å². The van der Waals surface area contributed by atoms with E-state index < -0.39 is 0 Å². The number of ether oxygens (including phenoxy) is 1. The molecular weight excluding hydrogens is 210 g/mol. The molecular formula is C10H23N3OS. The molecule has 0 amide bonds. The topological polar surface area (TPSA) is 36.5 Å². The average molecular weight is 233 g/mol. The van der Waals surface area contributed by atoms with Crippen LogP contribution in [0.3, 0.4) is 0 Å². The number of nitrogens with zero attached hydrogens (tertiary/aromatic N) is 1. The van der Waals surface area contributed by atoms with Crippen molar-refractivity contribution in [1.82, 2.24) is 15.5 Å². The maximum atomic E-state index is 5.18. The van der Waals surface area contributed by atoms with Gasteiger partial charge in [-0.1, -0.05) is 0 Å². The van der Waals surface area contributed by atoms with Gasteiger partial charge in [0, 0.05) is 25.7 Å². The summed E-state index contributed by atoms with van der Waals surface area (Å²) in [5, 5.41) is 7.07. The van der Waals surface area contributed by atoms with Gasteiger partial charge in [0.25, 0.3) is 0 Å². The Morgan fingerprint density at radius 3 is 2.27 bits per heavy atom. The molecule has 0 aliphatic rings. The third-order valence-corrected chi connectivity index (χ3v) is 2.05. The number of likely N-dealkylation sites (N-methyl/N-ethyl adjacent to an activating group) is 1. The summed E-state index contributed by atoms with van der Waals surface area (Å²) in [4.78, 5) is 2.12. The minimum absolute atomic E-state index is 0.238. The largest absolute Gasteiger partial charge is 0.383 e.